The molecule has 2 rings (SSSR count). The zero-order chi connectivity index (χ0) is 13.7. The Hall–Kier alpha value is -2.16. The van der Waals surface area contributed by atoms with Crippen LogP contribution >= 0.6 is 0 Å². The fourth-order valence-corrected chi connectivity index (χ4v) is 1.82. The van der Waals surface area contributed by atoms with E-state index in [-0.39, 0.29) is 11.9 Å². The van der Waals surface area contributed by atoms with Gasteiger partial charge in [0.2, 0.25) is 0 Å². The first-order valence-corrected chi connectivity index (χ1v) is 6.35. The number of para-hydroxylation sites is 1. The molecule has 1 aromatic carbocycles. The number of hydrogen-bond acceptors (Lipinski definition) is 3. The summed E-state index contributed by atoms with van der Waals surface area (Å²) in [5, 5.41) is 0. The molecule has 3 heteroatoms. The van der Waals surface area contributed by atoms with Crippen molar-refractivity contribution >= 4 is 5.78 Å². The van der Waals surface area contributed by atoms with Crippen LogP contribution in [0.3, 0.4) is 0 Å². The minimum absolute atomic E-state index is 0.0231. The summed E-state index contributed by atoms with van der Waals surface area (Å²) in [5.74, 6) is 0.661. The first kappa shape index (κ1) is 13.3. The second-order valence-electron chi connectivity index (χ2n) is 4.58. The van der Waals surface area contributed by atoms with Crippen molar-refractivity contribution in [2.24, 2.45) is 0 Å². The number of aromatic nitrogens is 1. The Morgan fingerprint density at radius 3 is 2.58 bits per heavy atom. The first-order chi connectivity index (χ1) is 9.16. The van der Waals surface area contributed by atoms with Crippen molar-refractivity contribution < 1.29 is 9.53 Å². The van der Waals surface area contributed by atoms with Gasteiger partial charge in [-0.15, -0.1) is 0 Å². The number of nitrogens with zero attached hydrogens (tertiary/aromatic N) is 1. The lowest BCUT2D eigenvalue weighted by molar-refractivity contribution is 0.0986. The molecule has 0 fully saturated rings. The van der Waals surface area contributed by atoms with Gasteiger partial charge in [-0.25, -0.2) is 0 Å². The van der Waals surface area contributed by atoms with Gasteiger partial charge in [0, 0.05) is 11.9 Å². The van der Waals surface area contributed by atoms with Gasteiger partial charge >= 0.3 is 0 Å². The van der Waals surface area contributed by atoms with Gasteiger partial charge < -0.3 is 4.74 Å². The van der Waals surface area contributed by atoms with E-state index in [2.05, 4.69) is 4.98 Å². The van der Waals surface area contributed by atoms with Crippen LogP contribution in [0, 0.1) is 0 Å². The minimum atomic E-state index is 0.0231. The maximum atomic E-state index is 12.3. The highest BCUT2D eigenvalue weighted by molar-refractivity contribution is 5.99. The van der Waals surface area contributed by atoms with E-state index >= 15 is 0 Å². The fraction of sp³-hybridized carbons (Fsp3) is 0.250. The molecule has 0 spiro atoms. The molecule has 0 atom stereocenters. The molecule has 0 saturated carbocycles. The number of Topliss-reactive ketones (excluding diaryl/α,β-unsaturated/α-hetero) is 1. The Morgan fingerprint density at radius 1 is 1.16 bits per heavy atom. The maximum Gasteiger partial charge on any atom is 0.172 e. The number of rotatable bonds is 5. The van der Waals surface area contributed by atoms with Gasteiger partial charge in [-0.1, -0.05) is 18.2 Å². The van der Waals surface area contributed by atoms with Crippen molar-refractivity contribution in [2.45, 2.75) is 26.4 Å². The third-order valence-corrected chi connectivity index (χ3v) is 2.62. The second kappa shape index (κ2) is 6.14. The highest BCUT2D eigenvalue weighted by Crippen LogP contribution is 2.21. The quantitative estimate of drug-likeness (QED) is 0.769. The zero-order valence-corrected chi connectivity index (χ0v) is 11.2. The monoisotopic (exact) mass is 255 g/mol. The Bertz CT molecular complexity index is 550. The molecular weight excluding hydrogens is 238 g/mol. The Labute approximate surface area is 113 Å². The van der Waals surface area contributed by atoms with E-state index in [9.17, 15) is 4.79 Å². The standard InChI is InChI=1S/C16H17NO2/c1-12(2)19-16-9-4-3-8-14(16)15(18)11-13-7-5-6-10-17-13/h3-10,12H,11H2,1-2H3. The Balaban J connectivity index is 2.19. The second-order valence-corrected chi connectivity index (χ2v) is 4.58. The van der Waals surface area contributed by atoms with Crippen LogP contribution in [0.1, 0.15) is 29.9 Å². The van der Waals surface area contributed by atoms with E-state index in [0.29, 0.717) is 17.7 Å². The number of ketones is 1. The summed E-state index contributed by atoms with van der Waals surface area (Å²) in [7, 11) is 0. The fourth-order valence-electron chi connectivity index (χ4n) is 1.82. The van der Waals surface area contributed by atoms with E-state index in [1.807, 2.05) is 50.2 Å². The van der Waals surface area contributed by atoms with E-state index in [1.54, 1.807) is 12.3 Å². The molecule has 0 aliphatic rings. The first-order valence-electron chi connectivity index (χ1n) is 6.35. The van der Waals surface area contributed by atoms with Crippen molar-refractivity contribution in [1.29, 1.82) is 0 Å². The lowest BCUT2D eigenvalue weighted by Crippen LogP contribution is -2.11. The van der Waals surface area contributed by atoms with Crippen molar-refractivity contribution in [3.8, 4) is 5.75 Å². The normalized spacial score (nSPS) is 10.5. The molecule has 0 aliphatic carbocycles. The minimum Gasteiger partial charge on any atom is -0.490 e. The molecule has 0 N–H and O–H groups in total. The van der Waals surface area contributed by atoms with Crippen molar-refractivity contribution in [1.82, 2.24) is 4.98 Å². The summed E-state index contributed by atoms with van der Waals surface area (Å²) < 4.78 is 5.66. The number of ether oxygens (including phenoxy) is 1. The molecule has 0 amide bonds. The van der Waals surface area contributed by atoms with Crippen molar-refractivity contribution in [3.63, 3.8) is 0 Å². The number of pyridine rings is 1. The molecular formula is C16H17NO2. The number of hydrogen-bond donors (Lipinski definition) is 0. The smallest absolute Gasteiger partial charge is 0.172 e. The summed E-state index contributed by atoms with van der Waals surface area (Å²) in [4.78, 5) is 16.5. The van der Waals surface area contributed by atoms with Crippen LogP contribution in [0.15, 0.2) is 48.7 Å². The molecule has 0 radical (unpaired) electrons. The molecule has 19 heavy (non-hydrogen) atoms. The van der Waals surface area contributed by atoms with Crippen LogP contribution in [-0.4, -0.2) is 16.9 Å². The van der Waals surface area contributed by atoms with Gasteiger partial charge in [0.15, 0.2) is 5.78 Å². The molecule has 3 nitrogen and oxygen atoms in total. The zero-order valence-electron chi connectivity index (χ0n) is 11.2. The molecule has 0 aliphatic heterocycles. The van der Waals surface area contributed by atoms with Crippen LogP contribution in [0.5, 0.6) is 5.75 Å². The predicted octanol–water partition coefficient (Wildman–Crippen LogP) is 3.29. The van der Waals surface area contributed by atoms with Crippen LogP contribution < -0.4 is 4.74 Å². The lowest BCUT2D eigenvalue weighted by atomic mass is 10.1. The van der Waals surface area contributed by atoms with Crippen LogP contribution in [0.25, 0.3) is 0 Å². The van der Waals surface area contributed by atoms with Gasteiger partial charge in [-0.3, -0.25) is 9.78 Å². The number of carbonyl (C=O) groups excluding carboxylic acids is 1. The van der Waals surface area contributed by atoms with Gasteiger partial charge in [0.25, 0.3) is 0 Å². The third kappa shape index (κ3) is 3.65. The summed E-state index contributed by atoms with van der Waals surface area (Å²) in [6.45, 7) is 3.89. The van der Waals surface area contributed by atoms with Crippen molar-refractivity contribution in [3.05, 3.63) is 59.9 Å². The van der Waals surface area contributed by atoms with Gasteiger partial charge in [0.05, 0.1) is 18.1 Å². The highest BCUT2D eigenvalue weighted by atomic mass is 16.5. The SMILES string of the molecule is CC(C)Oc1ccccc1C(=O)Cc1ccccn1. The molecule has 2 aromatic rings. The van der Waals surface area contributed by atoms with E-state index < -0.39 is 0 Å². The van der Waals surface area contributed by atoms with Crippen molar-refractivity contribution in [2.75, 3.05) is 0 Å². The molecule has 1 aromatic heterocycles. The van der Waals surface area contributed by atoms with Crippen LogP contribution in [-0.2, 0) is 6.42 Å². The van der Waals surface area contributed by atoms with E-state index in [4.69, 9.17) is 4.74 Å². The summed E-state index contributed by atoms with van der Waals surface area (Å²) >= 11 is 0. The molecule has 1 heterocycles. The largest absolute Gasteiger partial charge is 0.490 e. The Kier molecular flexibility index (Phi) is 4.29. The van der Waals surface area contributed by atoms with Gasteiger partial charge in [-0.05, 0) is 38.1 Å². The number of carbonyl (C=O) groups is 1. The maximum absolute atomic E-state index is 12.3. The lowest BCUT2D eigenvalue weighted by Gasteiger charge is -2.13. The highest BCUT2D eigenvalue weighted by Gasteiger charge is 2.13. The Morgan fingerprint density at radius 2 is 1.89 bits per heavy atom. The van der Waals surface area contributed by atoms with Crippen LogP contribution in [0.2, 0.25) is 0 Å². The topological polar surface area (TPSA) is 39.2 Å². The summed E-state index contributed by atoms with van der Waals surface area (Å²) in [6.07, 6.45) is 2.03. The van der Waals surface area contributed by atoms with Gasteiger partial charge in [-0.2, -0.15) is 0 Å². The number of benzene rings is 1. The van der Waals surface area contributed by atoms with E-state index in [0.717, 1.165) is 5.69 Å². The molecule has 98 valence electrons. The average Bonchev–Trinajstić information content (AvgIpc) is 2.39. The van der Waals surface area contributed by atoms with E-state index in [1.165, 1.54) is 0 Å². The molecule has 0 saturated heterocycles. The van der Waals surface area contributed by atoms with Crippen LogP contribution in [0.4, 0.5) is 0 Å². The molecule has 0 bridgehead atoms. The van der Waals surface area contributed by atoms with Gasteiger partial charge in [0.1, 0.15) is 5.75 Å². The third-order valence-electron chi connectivity index (χ3n) is 2.62. The predicted molar refractivity (Wildman–Crippen MR) is 74.5 cm³/mol. The molecule has 0 unspecified atom stereocenters. The average molecular weight is 255 g/mol. The summed E-state index contributed by atoms with van der Waals surface area (Å²) in [5.41, 5.74) is 1.38. The summed E-state index contributed by atoms with van der Waals surface area (Å²) in [6, 6.07) is 12.9.